The Kier molecular flexibility index (Phi) is 5.33. The highest BCUT2D eigenvalue weighted by Crippen LogP contribution is 2.26. The summed E-state index contributed by atoms with van der Waals surface area (Å²) < 4.78 is 34.8. The van der Waals surface area contributed by atoms with E-state index in [1.165, 1.54) is 17.0 Å². The molecule has 0 saturated carbocycles. The number of hydrogen-bond acceptors (Lipinski definition) is 4. The van der Waals surface area contributed by atoms with Crippen molar-refractivity contribution in [3.63, 3.8) is 0 Å². The van der Waals surface area contributed by atoms with Gasteiger partial charge in [-0.05, 0) is 18.2 Å². The predicted molar refractivity (Wildman–Crippen MR) is 76.3 cm³/mol. The molecule has 0 bridgehead atoms. The number of halogens is 3. The monoisotopic (exact) mass is 377 g/mol. The number of esters is 1. The van der Waals surface area contributed by atoms with Gasteiger partial charge in [-0.1, -0.05) is 15.9 Å². The third-order valence-electron chi connectivity index (χ3n) is 3.28. The van der Waals surface area contributed by atoms with Crippen LogP contribution in [-0.2, 0) is 20.9 Å². The van der Waals surface area contributed by atoms with Crippen LogP contribution >= 0.6 is 15.9 Å². The summed E-state index contributed by atoms with van der Waals surface area (Å²) in [5.41, 5.74) is 0.320. The van der Waals surface area contributed by atoms with Crippen molar-refractivity contribution in [2.45, 2.75) is 19.6 Å². The molecule has 1 atom stereocenters. The molecule has 1 amide bonds. The quantitative estimate of drug-likeness (QED) is 0.740. The van der Waals surface area contributed by atoms with Gasteiger partial charge in [-0.25, -0.2) is 0 Å². The number of amides is 1. The number of carbonyl (C=O) groups excluding carboxylic acids is 2. The standard InChI is InChI=1S/C14H14BrF2NO4/c1-18-6-8(5-12(18)19)13(20)21-7-9-4-10(15)2-3-11(9)22-14(16)17/h2-4,8,14H,5-7H2,1H3. The number of nitrogens with zero attached hydrogens (tertiary/aromatic N) is 1. The molecule has 0 aromatic heterocycles. The number of carbonyl (C=O) groups is 2. The number of benzene rings is 1. The summed E-state index contributed by atoms with van der Waals surface area (Å²) in [7, 11) is 1.61. The first-order chi connectivity index (χ1) is 10.4. The molecule has 0 aliphatic carbocycles. The fourth-order valence-electron chi connectivity index (χ4n) is 2.16. The highest BCUT2D eigenvalue weighted by atomic mass is 79.9. The lowest BCUT2D eigenvalue weighted by Crippen LogP contribution is -2.22. The Labute approximate surface area is 134 Å². The SMILES string of the molecule is CN1CC(C(=O)OCc2cc(Br)ccc2OC(F)F)CC1=O. The maximum absolute atomic E-state index is 12.3. The lowest BCUT2D eigenvalue weighted by atomic mass is 10.1. The van der Waals surface area contributed by atoms with Crippen molar-refractivity contribution in [2.75, 3.05) is 13.6 Å². The Balaban J connectivity index is 2.00. The first-order valence-corrected chi connectivity index (χ1v) is 7.30. The average molecular weight is 378 g/mol. The highest BCUT2D eigenvalue weighted by molar-refractivity contribution is 9.10. The van der Waals surface area contributed by atoms with Crippen molar-refractivity contribution in [1.82, 2.24) is 4.90 Å². The van der Waals surface area contributed by atoms with Crippen LogP contribution in [0.15, 0.2) is 22.7 Å². The van der Waals surface area contributed by atoms with E-state index in [4.69, 9.17) is 4.74 Å². The Morgan fingerprint density at radius 3 is 2.82 bits per heavy atom. The maximum atomic E-state index is 12.3. The maximum Gasteiger partial charge on any atom is 0.387 e. The molecule has 1 aliphatic heterocycles. The molecule has 1 aromatic rings. The zero-order valence-corrected chi connectivity index (χ0v) is 13.3. The van der Waals surface area contributed by atoms with Crippen LogP contribution in [0, 0.1) is 5.92 Å². The van der Waals surface area contributed by atoms with Gasteiger partial charge in [0.05, 0.1) is 5.92 Å². The van der Waals surface area contributed by atoms with Crippen LogP contribution in [0.4, 0.5) is 8.78 Å². The molecule has 1 unspecified atom stereocenters. The van der Waals surface area contributed by atoms with E-state index in [2.05, 4.69) is 20.7 Å². The van der Waals surface area contributed by atoms with Gasteiger partial charge < -0.3 is 14.4 Å². The Bertz CT molecular complexity index is 582. The van der Waals surface area contributed by atoms with Crippen LogP contribution < -0.4 is 4.74 Å². The minimum Gasteiger partial charge on any atom is -0.460 e. The van der Waals surface area contributed by atoms with Crippen LogP contribution in [0.2, 0.25) is 0 Å². The fraction of sp³-hybridized carbons (Fsp3) is 0.429. The average Bonchev–Trinajstić information content (AvgIpc) is 2.78. The van der Waals surface area contributed by atoms with Crippen molar-refractivity contribution < 1.29 is 27.8 Å². The Morgan fingerprint density at radius 2 is 2.23 bits per heavy atom. The second kappa shape index (κ2) is 7.04. The molecule has 0 radical (unpaired) electrons. The van der Waals surface area contributed by atoms with Gasteiger partial charge in [0.25, 0.3) is 0 Å². The predicted octanol–water partition coefficient (Wildman–Crippen LogP) is 2.57. The summed E-state index contributed by atoms with van der Waals surface area (Å²) in [6.45, 7) is -2.86. The molecule has 1 fully saturated rings. The number of hydrogen-bond donors (Lipinski definition) is 0. The molecule has 120 valence electrons. The van der Waals surface area contributed by atoms with Gasteiger partial charge in [0, 0.05) is 30.0 Å². The Morgan fingerprint density at radius 1 is 1.50 bits per heavy atom. The van der Waals surface area contributed by atoms with Crippen LogP contribution in [0.5, 0.6) is 5.75 Å². The second-order valence-corrected chi connectivity index (χ2v) is 5.83. The molecule has 1 aromatic carbocycles. The summed E-state index contributed by atoms with van der Waals surface area (Å²) in [5, 5.41) is 0. The fourth-order valence-corrected chi connectivity index (χ4v) is 2.57. The molecular formula is C14H14BrF2NO4. The van der Waals surface area contributed by atoms with Gasteiger partial charge in [-0.3, -0.25) is 9.59 Å². The van der Waals surface area contributed by atoms with Crippen molar-refractivity contribution in [3.8, 4) is 5.75 Å². The topological polar surface area (TPSA) is 55.8 Å². The zero-order chi connectivity index (χ0) is 16.3. The van der Waals surface area contributed by atoms with E-state index in [0.29, 0.717) is 16.6 Å². The minimum atomic E-state index is -2.96. The number of rotatable bonds is 5. The van der Waals surface area contributed by atoms with Crippen molar-refractivity contribution >= 4 is 27.8 Å². The van der Waals surface area contributed by atoms with Crippen LogP contribution in [-0.4, -0.2) is 37.0 Å². The molecule has 5 nitrogen and oxygen atoms in total. The lowest BCUT2D eigenvalue weighted by molar-refractivity contribution is -0.149. The normalized spacial score (nSPS) is 18.0. The minimum absolute atomic E-state index is 0.0504. The summed E-state index contributed by atoms with van der Waals surface area (Å²) in [6, 6.07) is 4.46. The second-order valence-electron chi connectivity index (χ2n) is 4.91. The lowest BCUT2D eigenvalue weighted by Gasteiger charge is -2.13. The van der Waals surface area contributed by atoms with E-state index in [1.54, 1.807) is 13.1 Å². The Hall–Kier alpha value is -1.70. The van der Waals surface area contributed by atoms with E-state index in [9.17, 15) is 18.4 Å². The van der Waals surface area contributed by atoms with Crippen LogP contribution in [0.1, 0.15) is 12.0 Å². The van der Waals surface area contributed by atoms with Gasteiger partial charge in [0.15, 0.2) is 0 Å². The third kappa shape index (κ3) is 4.16. The van der Waals surface area contributed by atoms with Crippen molar-refractivity contribution in [3.05, 3.63) is 28.2 Å². The number of alkyl halides is 2. The van der Waals surface area contributed by atoms with Gasteiger partial charge in [0.2, 0.25) is 5.91 Å². The molecule has 1 aliphatic rings. The van der Waals surface area contributed by atoms with Crippen LogP contribution in [0.3, 0.4) is 0 Å². The largest absolute Gasteiger partial charge is 0.460 e. The number of ether oxygens (including phenoxy) is 2. The summed E-state index contributed by atoms with van der Waals surface area (Å²) in [6.07, 6.45) is 0.105. The molecule has 0 N–H and O–H groups in total. The molecule has 2 rings (SSSR count). The molecule has 8 heteroatoms. The summed E-state index contributed by atoms with van der Waals surface area (Å²) in [4.78, 5) is 24.8. The number of likely N-dealkylation sites (tertiary alicyclic amines) is 1. The third-order valence-corrected chi connectivity index (χ3v) is 3.78. The van der Waals surface area contributed by atoms with E-state index >= 15 is 0 Å². The molecule has 1 heterocycles. The van der Waals surface area contributed by atoms with E-state index in [-0.39, 0.29) is 24.7 Å². The van der Waals surface area contributed by atoms with Gasteiger partial charge in [0.1, 0.15) is 12.4 Å². The molecular weight excluding hydrogens is 364 g/mol. The van der Waals surface area contributed by atoms with Crippen LogP contribution in [0.25, 0.3) is 0 Å². The molecule has 22 heavy (non-hydrogen) atoms. The van der Waals surface area contributed by atoms with Gasteiger partial charge in [-0.15, -0.1) is 0 Å². The molecule has 1 saturated heterocycles. The summed E-state index contributed by atoms with van der Waals surface area (Å²) in [5.74, 6) is -1.22. The smallest absolute Gasteiger partial charge is 0.387 e. The van der Waals surface area contributed by atoms with Crippen molar-refractivity contribution in [2.24, 2.45) is 5.92 Å². The molecule has 0 spiro atoms. The summed E-state index contributed by atoms with van der Waals surface area (Å²) >= 11 is 3.22. The van der Waals surface area contributed by atoms with Crippen molar-refractivity contribution in [1.29, 1.82) is 0 Å². The zero-order valence-electron chi connectivity index (χ0n) is 11.7. The van der Waals surface area contributed by atoms with E-state index in [0.717, 1.165) is 0 Å². The van der Waals surface area contributed by atoms with Gasteiger partial charge >= 0.3 is 12.6 Å². The first kappa shape index (κ1) is 16.7. The first-order valence-electron chi connectivity index (χ1n) is 6.50. The highest BCUT2D eigenvalue weighted by Gasteiger charge is 2.33. The van der Waals surface area contributed by atoms with Gasteiger partial charge in [-0.2, -0.15) is 8.78 Å². The van der Waals surface area contributed by atoms with E-state index in [1.807, 2.05) is 0 Å². The van der Waals surface area contributed by atoms with E-state index < -0.39 is 18.5 Å².